The minimum absolute atomic E-state index is 0.0788. The number of benzene rings is 1. The molecule has 0 saturated carbocycles. The lowest BCUT2D eigenvalue weighted by Crippen LogP contribution is -2.50. The van der Waals surface area contributed by atoms with E-state index in [4.69, 9.17) is 0 Å². The number of hydrogen-bond donors (Lipinski definition) is 1. The molecule has 3 aliphatic heterocycles. The van der Waals surface area contributed by atoms with E-state index in [1.807, 2.05) is 18.2 Å². The predicted molar refractivity (Wildman–Crippen MR) is 114 cm³/mol. The van der Waals surface area contributed by atoms with Crippen LogP contribution in [0, 0.1) is 0 Å². The molecule has 2 unspecified atom stereocenters. The molecule has 2 atom stereocenters. The van der Waals surface area contributed by atoms with Crippen LogP contribution in [-0.4, -0.2) is 47.4 Å². The Morgan fingerprint density at radius 3 is 2.64 bits per heavy atom. The van der Waals surface area contributed by atoms with Crippen LogP contribution in [0.3, 0.4) is 0 Å². The molecule has 1 N–H and O–H groups in total. The summed E-state index contributed by atoms with van der Waals surface area (Å²) < 4.78 is 0. The first-order chi connectivity index (χ1) is 13.7. The lowest BCUT2D eigenvalue weighted by atomic mass is 9.96. The zero-order valence-corrected chi connectivity index (χ0v) is 16.8. The van der Waals surface area contributed by atoms with Crippen molar-refractivity contribution in [3.8, 4) is 0 Å². The Balaban J connectivity index is 1.27. The van der Waals surface area contributed by atoms with Crippen LogP contribution >= 0.6 is 11.8 Å². The van der Waals surface area contributed by atoms with Crippen LogP contribution in [-0.2, 0) is 4.79 Å². The maximum absolute atomic E-state index is 13.0. The van der Waals surface area contributed by atoms with E-state index < -0.39 is 0 Å². The van der Waals surface area contributed by atoms with Gasteiger partial charge >= 0.3 is 0 Å². The van der Waals surface area contributed by atoms with E-state index in [1.165, 1.54) is 17.7 Å². The molecular formula is C22H24N4OS. The first kappa shape index (κ1) is 17.9. The Labute approximate surface area is 169 Å². The number of nitrogens with zero attached hydrogens (tertiary/aromatic N) is 3. The van der Waals surface area contributed by atoms with Crippen LogP contribution in [0.25, 0.3) is 0 Å². The molecule has 1 amide bonds. The summed E-state index contributed by atoms with van der Waals surface area (Å²) in [6.07, 6.45) is 9.51. The van der Waals surface area contributed by atoms with Crippen LogP contribution in [0.4, 0.5) is 0 Å². The van der Waals surface area contributed by atoms with E-state index in [2.05, 4.69) is 51.8 Å². The van der Waals surface area contributed by atoms with E-state index in [-0.39, 0.29) is 11.9 Å². The van der Waals surface area contributed by atoms with Gasteiger partial charge in [-0.15, -0.1) is 5.10 Å². The van der Waals surface area contributed by atoms with E-state index in [9.17, 15) is 4.79 Å². The largest absolute Gasteiger partial charge is 0.348 e. The fourth-order valence-corrected chi connectivity index (χ4v) is 5.61. The maximum Gasteiger partial charge on any atom is 0.272 e. The van der Waals surface area contributed by atoms with E-state index in [0.29, 0.717) is 17.8 Å². The Morgan fingerprint density at radius 1 is 1.14 bits per heavy atom. The molecule has 0 aromatic heterocycles. The standard InChI is InChI=1S/C22H24N4OS/c1-26-15-7-8-16(26)12-14(11-15)23-22(27)21-19-13-18(9-10-20(19)24-25-21)28-17-5-3-2-4-6-17/h2-6,9,13-16H,7-8,10-12H2,1H3,(H,23,27). The van der Waals surface area contributed by atoms with Crippen LogP contribution in [0.5, 0.6) is 0 Å². The third kappa shape index (κ3) is 3.35. The number of fused-ring (bicyclic) bond motifs is 3. The third-order valence-electron chi connectivity index (χ3n) is 6.25. The quantitative estimate of drug-likeness (QED) is 0.853. The van der Waals surface area contributed by atoms with E-state index in [1.54, 1.807) is 11.8 Å². The van der Waals surface area contributed by atoms with Crippen LogP contribution < -0.4 is 5.32 Å². The molecule has 1 aliphatic carbocycles. The van der Waals surface area contributed by atoms with Gasteiger partial charge in [0.1, 0.15) is 0 Å². The zero-order chi connectivity index (χ0) is 19.1. The summed E-state index contributed by atoms with van der Waals surface area (Å²) in [5.41, 5.74) is 2.25. The minimum Gasteiger partial charge on any atom is -0.348 e. The highest BCUT2D eigenvalue weighted by atomic mass is 32.2. The molecule has 2 fully saturated rings. The number of allylic oxidation sites excluding steroid dienone is 2. The first-order valence-electron chi connectivity index (χ1n) is 10.00. The second-order valence-electron chi connectivity index (χ2n) is 7.97. The average Bonchev–Trinajstić information content (AvgIpc) is 3.19. The van der Waals surface area contributed by atoms with Gasteiger partial charge < -0.3 is 10.2 Å². The summed E-state index contributed by atoms with van der Waals surface area (Å²) in [5.74, 6) is -0.0788. The summed E-state index contributed by atoms with van der Waals surface area (Å²) in [5, 5.41) is 11.7. The Morgan fingerprint density at radius 2 is 1.89 bits per heavy atom. The highest BCUT2D eigenvalue weighted by Gasteiger charge is 2.39. The fourth-order valence-electron chi connectivity index (χ4n) is 4.70. The van der Waals surface area contributed by atoms with Gasteiger partial charge in [-0.05, 0) is 50.9 Å². The van der Waals surface area contributed by atoms with Gasteiger partial charge in [0, 0.05) is 39.9 Å². The van der Waals surface area contributed by atoms with Crippen LogP contribution in [0.1, 0.15) is 32.1 Å². The van der Waals surface area contributed by atoms with E-state index >= 15 is 0 Å². The minimum atomic E-state index is -0.0788. The van der Waals surface area contributed by atoms with Crippen molar-refractivity contribution in [1.29, 1.82) is 0 Å². The zero-order valence-electron chi connectivity index (χ0n) is 16.0. The fraction of sp³-hybridized carbons (Fsp3) is 0.409. The summed E-state index contributed by atoms with van der Waals surface area (Å²) in [4.78, 5) is 17.8. The van der Waals surface area contributed by atoms with Gasteiger partial charge in [0.05, 0.1) is 5.71 Å². The average molecular weight is 393 g/mol. The first-order valence-corrected chi connectivity index (χ1v) is 10.8. The summed E-state index contributed by atoms with van der Waals surface area (Å²) in [7, 11) is 2.21. The second-order valence-corrected chi connectivity index (χ2v) is 9.12. The number of hydrogen-bond acceptors (Lipinski definition) is 5. The molecule has 2 bridgehead atoms. The molecule has 1 aromatic rings. The predicted octanol–water partition coefficient (Wildman–Crippen LogP) is 3.54. The number of carbonyl (C=O) groups excluding carboxylic acids is 1. The van der Waals surface area contributed by atoms with Gasteiger partial charge in [0.25, 0.3) is 5.91 Å². The molecule has 3 heterocycles. The van der Waals surface area contributed by atoms with Crippen LogP contribution in [0.15, 0.2) is 68.1 Å². The molecule has 1 aromatic carbocycles. The molecule has 6 heteroatoms. The van der Waals surface area contributed by atoms with Crippen LogP contribution in [0.2, 0.25) is 0 Å². The highest BCUT2D eigenvalue weighted by molar-refractivity contribution is 8.03. The maximum atomic E-state index is 13.0. The number of piperidine rings is 1. The highest BCUT2D eigenvalue weighted by Crippen LogP contribution is 2.35. The SMILES string of the molecule is CN1C2CCC1CC(NC(=O)C1=NN=C3CC=C(Sc4ccccc4)C=C31)C2. The van der Waals surface area contributed by atoms with Gasteiger partial charge in [0.15, 0.2) is 5.71 Å². The number of carbonyl (C=O) groups is 1. The van der Waals surface area contributed by atoms with Crippen molar-refractivity contribution in [2.24, 2.45) is 10.2 Å². The van der Waals surface area contributed by atoms with Crippen molar-refractivity contribution in [1.82, 2.24) is 10.2 Å². The van der Waals surface area contributed by atoms with Gasteiger partial charge in [0.2, 0.25) is 0 Å². The molecule has 144 valence electrons. The normalized spacial score (nSPS) is 28.8. The van der Waals surface area contributed by atoms with Crippen molar-refractivity contribution in [3.63, 3.8) is 0 Å². The molecule has 0 spiro atoms. The van der Waals surface area contributed by atoms with Crippen molar-refractivity contribution in [2.45, 2.75) is 55.1 Å². The molecule has 2 saturated heterocycles. The van der Waals surface area contributed by atoms with Crippen molar-refractivity contribution < 1.29 is 4.79 Å². The van der Waals surface area contributed by atoms with Gasteiger partial charge in [-0.25, -0.2) is 0 Å². The Kier molecular flexibility index (Phi) is 4.69. The summed E-state index contributed by atoms with van der Waals surface area (Å²) in [6, 6.07) is 11.7. The summed E-state index contributed by atoms with van der Waals surface area (Å²) >= 11 is 1.71. The second kappa shape index (κ2) is 7.33. The smallest absolute Gasteiger partial charge is 0.272 e. The topological polar surface area (TPSA) is 57.1 Å². The monoisotopic (exact) mass is 392 g/mol. The molecule has 4 aliphatic rings. The Bertz CT molecular complexity index is 904. The Hall–Kier alpha value is -2.18. The number of amides is 1. The van der Waals surface area contributed by atoms with Crippen molar-refractivity contribution in [2.75, 3.05) is 7.05 Å². The van der Waals surface area contributed by atoms with Gasteiger partial charge in [-0.1, -0.05) is 36.0 Å². The number of nitrogens with one attached hydrogen (secondary N) is 1. The summed E-state index contributed by atoms with van der Waals surface area (Å²) in [6.45, 7) is 0. The van der Waals surface area contributed by atoms with Gasteiger partial charge in [-0.3, -0.25) is 4.79 Å². The lowest BCUT2D eigenvalue weighted by Gasteiger charge is -2.36. The van der Waals surface area contributed by atoms with Gasteiger partial charge in [-0.2, -0.15) is 5.10 Å². The molecule has 5 nitrogen and oxygen atoms in total. The number of rotatable bonds is 4. The van der Waals surface area contributed by atoms with E-state index in [0.717, 1.165) is 35.5 Å². The van der Waals surface area contributed by atoms with Crippen molar-refractivity contribution >= 4 is 29.1 Å². The number of thioether (sulfide) groups is 1. The van der Waals surface area contributed by atoms with Crippen molar-refractivity contribution in [3.05, 3.63) is 53.0 Å². The lowest BCUT2D eigenvalue weighted by molar-refractivity contribution is -0.115. The molecule has 5 rings (SSSR count). The molecule has 28 heavy (non-hydrogen) atoms. The molecular weight excluding hydrogens is 368 g/mol. The third-order valence-corrected chi connectivity index (χ3v) is 7.28. The molecule has 0 radical (unpaired) electrons.